The predicted molar refractivity (Wildman–Crippen MR) is 95.6 cm³/mol. The molecule has 0 aliphatic carbocycles. The van der Waals surface area contributed by atoms with Gasteiger partial charge in [-0.25, -0.2) is 9.78 Å². The molecule has 1 heterocycles. The van der Waals surface area contributed by atoms with Gasteiger partial charge in [-0.1, -0.05) is 44.2 Å². The van der Waals surface area contributed by atoms with Gasteiger partial charge in [0.05, 0.1) is 11.7 Å². The van der Waals surface area contributed by atoms with E-state index in [1.807, 2.05) is 37.3 Å². The Kier molecular flexibility index (Phi) is 6.16. The Morgan fingerprint density at radius 2 is 1.91 bits per heavy atom. The molecule has 23 heavy (non-hydrogen) atoms. The van der Waals surface area contributed by atoms with Crippen molar-refractivity contribution in [2.24, 2.45) is 5.92 Å². The maximum atomic E-state index is 12.2. The quantitative estimate of drug-likeness (QED) is 0.827. The van der Waals surface area contributed by atoms with E-state index in [1.54, 1.807) is 11.3 Å². The first-order valence-corrected chi connectivity index (χ1v) is 8.79. The van der Waals surface area contributed by atoms with E-state index in [9.17, 15) is 4.79 Å². The van der Waals surface area contributed by atoms with Gasteiger partial charge in [0.25, 0.3) is 0 Å². The van der Waals surface area contributed by atoms with Crippen molar-refractivity contribution in [1.82, 2.24) is 15.6 Å². The summed E-state index contributed by atoms with van der Waals surface area (Å²) in [6.07, 6.45) is 0.880. The molecule has 4 nitrogen and oxygen atoms in total. The van der Waals surface area contributed by atoms with Crippen molar-refractivity contribution in [3.8, 4) is 0 Å². The van der Waals surface area contributed by atoms with Crippen LogP contribution in [0.1, 0.15) is 47.5 Å². The molecule has 0 aliphatic rings. The molecule has 0 spiro atoms. The average molecular weight is 331 g/mol. The summed E-state index contributed by atoms with van der Waals surface area (Å²) < 4.78 is 0. The van der Waals surface area contributed by atoms with Gasteiger partial charge in [-0.05, 0) is 31.7 Å². The van der Waals surface area contributed by atoms with E-state index in [0.29, 0.717) is 12.5 Å². The third kappa shape index (κ3) is 5.36. The maximum absolute atomic E-state index is 12.2. The highest BCUT2D eigenvalue weighted by Crippen LogP contribution is 2.27. The molecule has 0 saturated carbocycles. The molecule has 2 rings (SSSR count). The molecule has 124 valence electrons. The SMILES string of the molecule is Cc1nc(C(CC(C)C)NC(=O)NCc2ccccc2)sc1C. The van der Waals surface area contributed by atoms with Crippen LogP contribution >= 0.6 is 11.3 Å². The van der Waals surface area contributed by atoms with Crippen molar-refractivity contribution in [2.45, 2.75) is 46.7 Å². The molecule has 5 heteroatoms. The van der Waals surface area contributed by atoms with Crippen LogP contribution < -0.4 is 10.6 Å². The molecule has 1 atom stereocenters. The highest BCUT2D eigenvalue weighted by Gasteiger charge is 2.20. The first-order chi connectivity index (χ1) is 11.0. The monoisotopic (exact) mass is 331 g/mol. The van der Waals surface area contributed by atoms with Crippen molar-refractivity contribution >= 4 is 17.4 Å². The maximum Gasteiger partial charge on any atom is 0.315 e. The minimum Gasteiger partial charge on any atom is -0.334 e. The molecule has 1 aromatic heterocycles. The lowest BCUT2D eigenvalue weighted by atomic mass is 10.0. The van der Waals surface area contributed by atoms with Crippen molar-refractivity contribution in [1.29, 1.82) is 0 Å². The zero-order valence-electron chi connectivity index (χ0n) is 14.2. The lowest BCUT2D eigenvalue weighted by molar-refractivity contribution is 0.234. The lowest BCUT2D eigenvalue weighted by Crippen LogP contribution is -2.38. The van der Waals surface area contributed by atoms with Crippen molar-refractivity contribution in [3.05, 3.63) is 51.5 Å². The zero-order chi connectivity index (χ0) is 16.8. The van der Waals surface area contributed by atoms with Crippen LogP contribution in [0.5, 0.6) is 0 Å². The minimum absolute atomic E-state index is 0.0387. The molecule has 2 amide bonds. The van der Waals surface area contributed by atoms with Gasteiger partial charge in [0.1, 0.15) is 5.01 Å². The number of nitrogens with zero attached hydrogens (tertiary/aromatic N) is 1. The second-order valence-electron chi connectivity index (χ2n) is 6.19. The fourth-order valence-corrected chi connectivity index (χ4v) is 3.31. The highest BCUT2D eigenvalue weighted by atomic mass is 32.1. The van der Waals surface area contributed by atoms with Gasteiger partial charge in [0, 0.05) is 11.4 Å². The summed E-state index contributed by atoms with van der Waals surface area (Å²) >= 11 is 1.67. The molecule has 0 radical (unpaired) electrons. The van der Waals surface area contributed by atoms with E-state index in [2.05, 4.69) is 36.4 Å². The van der Waals surface area contributed by atoms with Crippen LogP contribution in [0.4, 0.5) is 4.79 Å². The molecule has 0 fully saturated rings. The highest BCUT2D eigenvalue weighted by molar-refractivity contribution is 7.11. The predicted octanol–water partition coefficient (Wildman–Crippen LogP) is 4.35. The minimum atomic E-state index is -0.148. The molecule has 0 saturated heterocycles. The number of hydrogen-bond donors (Lipinski definition) is 2. The van der Waals surface area contributed by atoms with Crippen LogP contribution in [0.2, 0.25) is 0 Å². The van der Waals surface area contributed by atoms with Gasteiger partial charge in [-0.2, -0.15) is 0 Å². The second kappa shape index (κ2) is 8.11. The Morgan fingerprint density at radius 1 is 1.22 bits per heavy atom. The molecular formula is C18H25N3OS. The summed E-state index contributed by atoms with van der Waals surface area (Å²) in [7, 11) is 0. The third-order valence-corrected chi connectivity index (χ3v) is 4.84. The third-order valence-electron chi connectivity index (χ3n) is 3.65. The largest absolute Gasteiger partial charge is 0.334 e. The van der Waals surface area contributed by atoms with Crippen LogP contribution in [0.15, 0.2) is 30.3 Å². The standard InChI is InChI=1S/C18H25N3OS/c1-12(2)10-16(17-20-13(3)14(4)23-17)21-18(22)19-11-15-8-6-5-7-9-15/h5-9,12,16H,10-11H2,1-4H3,(H2,19,21,22). The van der Waals surface area contributed by atoms with Crippen LogP contribution in [0.3, 0.4) is 0 Å². The molecule has 0 aliphatic heterocycles. The summed E-state index contributed by atoms with van der Waals surface area (Å²) in [4.78, 5) is 18.0. The van der Waals surface area contributed by atoms with Gasteiger partial charge in [-0.15, -0.1) is 11.3 Å². The van der Waals surface area contributed by atoms with Gasteiger partial charge >= 0.3 is 6.03 Å². The van der Waals surface area contributed by atoms with Crippen molar-refractivity contribution < 1.29 is 4.79 Å². The van der Waals surface area contributed by atoms with Crippen LogP contribution in [0.25, 0.3) is 0 Å². The second-order valence-corrected chi connectivity index (χ2v) is 7.42. The number of benzene rings is 1. The number of amides is 2. The Bertz CT molecular complexity index is 617. The topological polar surface area (TPSA) is 54.0 Å². The van der Waals surface area contributed by atoms with Crippen molar-refractivity contribution in [3.63, 3.8) is 0 Å². The Hall–Kier alpha value is -1.88. The first kappa shape index (κ1) is 17.5. The lowest BCUT2D eigenvalue weighted by Gasteiger charge is -2.19. The Labute approximate surface area is 142 Å². The number of thiazole rings is 1. The first-order valence-electron chi connectivity index (χ1n) is 7.98. The number of carbonyl (C=O) groups is 1. The van der Waals surface area contributed by atoms with E-state index in [4.69, 9.17) is 0 Å². The van der Waals surface area contributed by atoms with Crippen molar-refractivity contribution in [2.75, 3.05) is 0 Å². The van der Waals surface area contributed by atoms with Gasteiger partial charge in [0.2, 0.25) is 0 Å². The Morgan fingerprint density at radius 3 is 2.48 bits per heavy atom. The normalized spacial score (nSPS) is 12.2. The fourth-order valence-electron chi connectivity index (χ4n) is 2.33. The van der Waals surface area contributed by atoms with Gasteiger partial charge < -0.3 is 10.6 Å². The van der Waals surface area contributed by atoms with E-state index in [-0.39, 0.29) is 12.1 Å². The number of nitrogens with one attached hydrogen (secondary N) is 2. The van der Waals surface area contributed by atoms with E-state index in [0.717, 1.165) is 22.7 Å². The molecule has 1 unspecified atom stereocenters. The van der Waals surface area contributed by atoms with E-state index >= 15 is 0 Å². The Balaban J connectivity index is 1.98. The molecule has 2 N–H and O–H groups in total. The van der Waals surface area contributed by atoms with Crippen LogP contribution in [-0.2, 0) is 6.54 Å². The number of rotatable bonds is 6. The number of aryl methyl sites for hydroxylation is 2. The number of aromatic nitrogens is 1. The number of urea groups is 1. The summed E-state index contributed by atoms with van der Waals surface area (Å²) in [5.41, 5.74) is 2.13. The average Bonchev–Trinajstić information content (AvgIpc) is 2.85. The number of hydrogen-bond acceptors (Lipinski definition) is 3. The molecule has 2 aromatic rings. The molecular weight excluding hydrogens is 306 g/mol. The molecule has 0 bridgehead atoms. The summed E-state index contributed by atoms with van der Waals surface area (Å²) in [5, 5.41) is 6.98. The van der Waals surface area contributed by atoms with Gasteiger partial charge in [-0.3, -0.25) is 0 Å². The van der Waals surface area contributed by atoms with E-state index < -0.39 is 0 Å². The summed E-state index contributed by atoms with van der Waals surface area (Å²) in [5.74, 6) is 0.485. The van der Waals surface area contributed by atoms with Crippen LogP contribution in [-0.4, -0.2) is 11.0 Å². The van der Waals surface area contributed by atoms with Gasteiger partial charge in [0.15, 0.2) is 0 Å². The van der Waals surface area contributed by atoms with E-state index in [1.165, 1.54) is 4.88 Å². The molecule has 1 aromatic carbocycles. The fraction of sp³-hybridized carbons (Fsp3) is 0.444. The number of carbonyl (C=O) groups excluding carboxylic acids is 1. The smallest absolute Gasteiger partial charge is 0.315 e. The summed E-state index contributed by atoms with van der Waals surface area (Å²) in [6, 6.07) is 9.72. The van der Waals surface area contributed by atoms with Crippen LogP contribution in [0, 0.1) is 19.8 Å². The zero-order valence-corrected chi connectivity index (χ0v) is 15.0. The summed E-state index contributed by atoms with van der Waals surface area (Å²) in [6.45, 7) is 8.92.